The van der Waals surface area contributed by atoms with E-state index in [2.05, 4.69) is 26.9 Å². The minimum Gasteiger partial charge on any atom is -0.367 e. The molecule has 0 aromatic carbocycles. The Morgan fingerprint density at radius 1 is 1.62 bits per heavy atom. The van der Waals surface area contributed by atoms with E-state index in [-0.39, 0.29) is 0 Å². The van der Waals surface area contributed by atoms with Crippen molar-refractivity contribution < 1.29 is 0 Å². The molecule has 2 heterocycles. The van der Waals surface area contributed by atoms with Gasteiger partial charge in [-0.05, 0) is 31.9 Å². The second-order valence-corrected chi connectivity index (χ2v) is 3.91. The van der Waals surface area contributed by atoms with Crippen LogP contribution >= 0.6 is 0 Å². The summed E-state index contributed by atoms with van der Waals surface area (Å²) >= 11 is 0. The largest absolute Gasteiger partial charge is 0.367 e. The van der Waals surface area contributed by atoms with Crippen LogP contribution in [0.15, 0.2) is 12.3 Å². The Bertz CT molecular complexity index is 378. The van der Waals surface area contributed by atoms with E-state index in [0.717, 1.165) is 19.5 Å². The topological polar surface area (TPSA) is 73.6 Å². The van der Waals surface area contributed by atoms with Gasteiger partial charge in [0.2, 0.25) is 0 Å². The molecule has 84 valence electrons. The second kappa shape index (κ2) is 5.42. The van der Waals surface area contributed by atoms with Crippen molar-refractivity contribution in [3.8, 4) is 6.07 Å². The minimum absolute atomic E-state index is 0.550. The van der Waals surface area contributed by atoms with Gasteiger partial charge in [-0.25, -0.2) is 0 Å². The van der Waals surface area contributed by atoms with Crippen molar-refractivity contribution in [3.63, 3.8) is 0 Å². The van der Waals surface area contributed by atoms with Gasteiger partial charge in [0.05, 0.1) is 11.8 Å². The first-order valence-corrected chi connectivity index (χ1v) is 5.59. The third-order valence-corrected chi connectivity index (χ3v) is 2.79. The predicted octanol–water partition coefficient (Wildman–Crippen LogP) is 0.902. The Hall–Kier alpha value is -1.67. The van der Waals surface area contributed by atoms with Crippen LogP contribution in [0.25, 0.3) is 0 Å². The van der Waals surface area contributed by atoms with Gasteiger partial charge in [0.15, 0.2) is 5.82 Å². The number of nitrogens with one attached hydrogen (secondary N) is 2. The molecular formula is C11H15N5. The van der Waals surface area contributed by atoms with Crippen molar-refractivity contribution in [1.29, 1.82) is 5.26 Å². The Morgan fingerprint density at radius 2 is 2.56 bits per heavy atom. The predicted molar refractivity (Wildman–Crippen MR) is 60.9 cm³/mol. The average molecular weight is 217 g/mol. The molecule has 2 rings (SSSR count). The van der Waals surface area contributed by atoms with Gasteiger partial charge >= 0.3 is 0 Å². The molecule has 1 aromatic heterocycles. The highest BCUT2D eigenvalue weighted by Gasteiger charge is 2.13. The Morgan fingerprint density at radius 3 is 3.31 bits per heavy atom. The van der Waals surface area contributed by atoms with Crippen LogP contribution in [0.1, 0.15) is 24.8 Å². The maximum atomic E-state index is 8.86. The molecule has 0 saturated carbocycles. The van der Waals surface area contributed by atoms with Gasteiger partial charge in [-0.1, -0.05) is 0 Å². The van der Waals surface area contributed by atoms with E-state index in [9.17, 15) is 0 Å². The summed E-state index contributed by atoms with van der Waals surface area (Å²) in [6.45, 7) is 1.95. The molecule has 1 aliphatic rings. The first-order chi connectivity index (χ1) is 7.90. The number of anilines is 1. The fourth-order valence-corrected chi connectivity index (χ4v) is 1.92. The molecule has 1 aliphatic heterocycles. The van der Waals surface area contributed by atoms with Gasteiger partial charge in [0.25, 0.3) is 0 Å². The van der Waals surface area contributed by atoms with E-state index in [4.69, 9.17) is 5.26 Å². The molecular weight excluding hydrogens is 202 g/mol. The number of aromatic nitrogens is 2. The van der Waals surface area contributed by atoms with Crippen LogP contribution in [-0.2, 0) is 0 Å². The molecule has 1 unspecified atom stereocenters. The molecule has 0 radical (unpaired) electrons. The summed E-state index contributed by atoms with van der Waals surface area (Å²) in [7, 11) is 0. The second-order valence-electron chi connectivity index (χ2n) is 3.91. The van der Waals surface area contributed by atoms with Crippen LogP contribution < -0.4 is 10.6 Å². The third kappa shape index (κ3) is 2.67. The van der Waals surface area contributed by atoms with Crippen LogP contribution in [0.2, 0.25) is 0 Å². The van der Waals surface area contributed by atoms with Crippen molar-refractivity contribution in [2.45, 2.75) is 25.3 Å². The maximum Gasteiger partial charge on any atom is 0.166 e. The highest BCUT2D eigenvalue weighted by molar-refractivity contribution is 5.49. The fourth-order valence-electron chi connectivity index (χ4n) is 1.92. The van der Waals surface area contributed by atoms with Gasteiger partial charge in [-0.2, -0.15) is 10.4 Å². The highest BCUT2D eigenvalue weighted by Crippen LogP contribution is 2.11. The lowest BCUT2D eigenvalue weighted by Crippen LogP contribution is -2.24. The summed E-state index contributed by atoms with van der Waals surface area (Å²) in [5, 5.41) is 23.1. The summed E-state index contributed by atoms with van der Waals surface area (Å²) in [6, 6.07) is 4.37. The number of hydrogen-bond acceptors (Lipinski definition) is 5. The van der Waals surface area contributed by atoms with Gasteiger partial charge < -0.3 is 10.6 Å². The molecule has 1 saturated heterocycles. The van der Waals surface area contributed by atoms with E-state index < -0.39 is 0 Å². The number of nitrogens with zero attached hydrogens (tertiary/aromatic N) is 3. The third-order valence-electron chi connectivity index (χ3n) is 2.79. The molecule has 0 bridgehead atoms. The number of rotatable bonds is 4. The molecule has 0 aliphatic carbocycles. The number of nitriles is 1. The summed E-state index contributed by atoms with van der Waals surface area (Å²) in [5.74, 6) is 0.586. The quantitative estimate of drug-likeness (QED) is 0.784. The van der Waals surface area contributed by atoms with Crippen molar-refractivity contribution >= 4 is 5.82 Å². The van der Waals surface area contributed by atoms with Crippen LogP contribution in [0.3, 0.4) is 0 Å². The average Bonchev–Trinajstić information content (AvgIpc) is 2.83. The Balaban J connectivity index is 1.82. The monoisotopic (exact) mass is 217 g/mol. The van der Waals surface area contributed by atoms with E-state index in [1.165, 1.54) is 19.0 Å². The van der Waals surface area contributed by atoms with Crippen molar-refractivity contribution in [2.24, 2.45) is 0 Å². The smallest absolute Gasteiger partial charge is 0.166 e. The van der Waals surface area contributed by atoms with E-state index >= 15 is 0 Å². The van der Waals surface area contributed by atoms with Crippen LogP contribution in [0, 0.1) is 11.3 Å². The van der Waals surface area contributed by atoms with Crippen molar-refractivity contribution in [3.05, 3.63) is 17.8 Å². The molecule has 5 heteroatoms. The zero-order valence-corrected chi connectivity index (χ0v) is 9.11. The van der Waals surface area contributed by atoms with Gasteiger partial charge in [-0.3, -0.25) is 0 Å². The van der Waals surface area contributed by atoms with E-state index in [1.54, 1.807) is 6.07 Å². The Kier molecular flexibility index (Phi) is 3.67. The molecule has 1 fully saturated rings. The van der Waals surface area contributed by atoms with Gasteiger partial charge in [-0.15, -0.1) is 5.10 Å². The summed E-state index contributed by atoms with van der Waals surface area (Å²) in [4.78, 5) is 0. The zero-order valence-electron chi connectivity index (χ0n) is 9.11. The lowest BCUT2D eigenvalue weighted by Gasteiger charge is -2.11. The molecule has 5 nitrogen and oxygen atoms in total. The Labute approximate surface area is 94.9 Å². The van der Waals surface area contributed by atoms with E-state index in [1.807, 2.05) is 0 Å². The SMILES string of the molecule is N#Cc1ccnnc1NCCC1CCCN1. The van der Waals surface area contributed by atoms with Crippen molar-refractivity contribution in [2.75, 3.05) is 18.4 Å². The van der Waals surface area contributed by atoms with Gasteiger partial charge in [0.1, 0.15) is 6.07 Å². The minimum atomic E-state index is 0.550. The van der Waals surface area contributed by atoms with Crippen LogP contribution in [0.5, 0.6) is 0 Å². The number of hydrogen-bond donors (Lipinski definition) is 2. The molecule has 1 aromatic rings. The standard InChI is InChI=1S/C11H15N5/c12-8-9-3-7-15-16-11(9)14-6-4-10-2-1-5-13-10/h3,7,10,13H,1-2,4-6H2,(H,14,16). The fraction of sp³-hybridized carbons (Fsp3) is 0.545. The molecule has 0 spiro atoms. The zero-order chi connectivity index (χ0) is 11.2. The first kappa shape index (κ1) is 10.8. The summed E-state index contributed by atoms with van der Waals surface area (Å²) < 4.78 is 0. The maximum absolute atomic E-state index is 8.86. The van der Waals surface area contributed by atoms with Gasteiger partial charge in [0, 0.05) is 12.6 Å². The summed E-state index contributed by atoms with van der Waals surface area (Å²) in [6.07, 6.45) is 5.09. The normalized spacial score (nSPS) is 19.3. The van der Waals surface area contributed by atoms with E-state index in [0.29, 0.717) is 17.4 Å². The summed E-state index contributed by atoms with van der Waals surface area (Å²) in [5.41, 5.74) is 0.550. The lowest BCUT2D eigenvalue weighted by molar-refractivity contribution is 0.574. The molecule has 0 amide bonds. The van der Waals surface area contributed by atoms with Crippen LogP contribution in [0.4, 0.5) is 5.82 Å². The molecule has 16 heavy (non-hydrogen) atoms. The lowest BCUT2D eigenvalue weighted by atomic mass is 10.1. The first-order valence-electron chi connectivity index (χ1n) is 5.59. The molecule has 1 atom stereocenters. The van der Waals surface area contributed by atoms with Crippen molar-refractivity contribution in [1.82, 2.24) is 15.5 Å². The molecule has 2 N–H and O–H groups in total. The highest BCUT2D eigenvalue weighted by atomic mass is 15.2. The van der Waals surface area contributed by atoms with Crippen LogP contribution in [-0.4, -0.2) is 29.3 Å².